The fraction of sp³-hybridized carbons (Fsp3) is 0.667. The maximum absolute atomic E-state index is 6.34. The summed E-state index contributed by atoms with van der Waals surface area (Å²) in [6.45, 7) is 3.33. The van der Waals surface area contributed by atoms with Crippen molar-refractivity contribution in [1.29, 1.82) is 0 Å². The lowest BCUT2D eigenvalue weighted by Gasteiger charge is -2.38. The van der Waals surface area contributed by atoms with E-state index in [1.165, 1.54) is 44.1 Å². The van der Waals surface area contributed by atoms with Gasteiger partial charge in [-0.3, -0.25) is 0 Å². The van der Waals surface area contributed by atoms with E-state index in [4.69, 9.17) is 4.74 Å². The molecule has 0 aromatic heterocycles. The van der Waals surface area contributed by atoms with Crippen LogP contribution in [0.3, 0.4) is 0 Å². The Morgan fingerprint density at radius 3 is 2.75 bits per heavy atom. The van der Waals surface area contributed by atoms with Gasteiger partial charge in [-0.05, 0) is 37.8 Å². The molecule has 1 aromatic carbocycles. The Labute approximate surface area is 122 Å². The van der Waals surface area contributed by atoms with Gasteiger partial charge in [0.25, 0.3) is 0 Å². The van der Waals surface area contributed by atoms with E-state index < -0.39 is 0 Å². The summed E-state index contributed by atoms with van der Waals surface area (Å²) in [6.07, 6.45) is 9.64. The average Bonchev–Trinajstić information content (AvgIpc) is 2.53. The minimum Gasteiger partial charge on any atom is -0.490 e. The standard InChI is InChI=1S/C18H27NO/c1-2-12-19-16-13-18(14-8-4-3-5-9-14)20-17-11-7-6-10-15(16)17/h6-7,10-11,14,16,18-19H,2-5,8-9,12-13H2,1H3. The summed E-state index contributed by atoms with van der Waals surface area (Å²) < 4.78 is 6.34. The van der Waals surface area contributed by atoms with Gasteiger partial charge in [0, 0.05) is 18.0 Å². The third-order valence-electron chi connectivity index (χ3n) is 4.86. The molecule has 0 saturated heterocycles. The molecule has 2 aliphatic rings. The predicted octanol–water partition coefficient (Wildman–Crippen LogP) is 4.46. The Kier molecular flexibility index (Phi) is 4.62. The molecule has 2 unspecified atom stereocenters. The van der Waals surface area contributed by atoms with Crippen LogP contribution >= 0.6 is 0 Å². The number of hydrogen-bond acceptors (Lipinski definition) is 2. The minimum absolute atomic E-state index is 0.416. The van der Waals surface area contributed by atoms with Crippen molar-refractivity contribution in [3.63, 3.8) is 0 Å². The van der Waals surface area contributed by atoms with Crippen LogP contribution in [0, 0.1) is 5.92 Å². The largest absolute Gasteiger partial charge is 0.490 e. The molecule has 0 bridgehead atoms. The second kappa shape index (κ2) is 6.62. The number of benzene rings is 1. The molecule has 1 saturated carbocycles. The van der Waals surface area contributed by atoms with Gasteiger partial charge >= 0.3 is 0 Å². The zero-order chi connectivity index (χ0) is 13.8. The maximum atomic E-state index is 6.34. The molecule has 110 valence electrons. The number of hydrogen-bond donors (Lipinski definition) is 1. The van der Waals surface area contributed by atoms with E-state index in [1.54, 1.807) is 0 Å². The zero-order valence-electron chi connectivity index (χ0n) is 12.6. The van der Waals surface area contributed by atoms with Gasteiger partial charge in [0.05, 0.1) is 0 Å². The molecule has 20 heavy (non-hydrogen) atoms. The molecule has 0 radical (unpaired) electrons. The molecule has 2 nitrogen and oxygen atoms in total. The Balaban J connectivity index is 1.76. The second-order valence-corrected chi connectivity index (χ2v) is 6.33. The van der Waals surface area contributed by atoms with Crippen LogP contribution in [0.5, 0.6) is 5.75 Å². The quantitative estimate of drug-likeness (QED) is 0.874. The Morgan fingerprint density at radius 2 is 1.95 bits per heavy atom. The molecule has 2 atom stereocenters. The molecule has 0 amide bonds. The SMILES string of the molecule is CCCNC1CC(C2CCCCC2)Oc2ccccc21. The van der Waals surface area contributed by atoms with Crippen molar-refractivity contribution in [3.05, 3.63) is 29.8 Å². The van der Waals surface area contributed by atoms with Gasteiger partial charge in [0.15, 0.2) is 0 Å². The van der Waals surface area contributed by atoms with E-state index in [-0.39, 0.29) is 0 Å². The minimum atomic E-state index is 0.416. The number of nitrogens with one attached hydrogen (secondary N) is 1. The summed E-state index contributed by atoms with van der Waals surface area (Å²) in [5.41, 5.74) is 1.35. The highest BCUT2D eigenvalue weighted by Gasteiger charge is 2.33. The van der Waals surface area contributed by atoms with E-state index in [1.807, 2.05) is 0 Å². The Hall–Kier alpha value is -1.02. The number of para-hydroxylation sites is 1. The van der Waals surface area contributed by atoms with Crippen molar-refractivity contribution < 1.29 is 4.74 Å². The zero-order valence-corrected chi connectivity index (χ0v) is 12.6. The molecule has 1 aromatic rings. The lowest BCUT2D eigenvalue weighted by molar-refractivity contribution is 0.0728. The second-order valence-electron chi connectivity index (χ2n) is 6.33. The molecule has 1 N–H and O–H groups in total. The van der Waals surface area contributed by atoms with E-state index in [0.717, 1.165) is 24.6 Å². The Morgan fingerprint density at radius 1 is 1.15 bits per heavy atom. The smallest absolute Gasteiger partial charge is 0.124 e. The van der Waals surface area contributed by atoms with Crippen molar-refractivity contribution in [2.24, 2.45) is 5.92 Å². The number of fused-ring (bicyclic) bond motifs is 1. The van der Waals surface area contributed by atoms with Crippen molar-refractivity contribution >= 4 is 0 Å². The number of rotatable bonds is 4. The first kappa shape index (κ1) is 13.9. The van der Waals surface area contributed by atoms with Crippen LogP contribution in [-0.4, -0.2) is 12.6 Å². The van der Waals surface area contributed by atoms with Gasteiger partial charge in [-0.2, -0.15) is 0 Å². The summed E-state index contributed by atoms with van der Waals surface area (Å²) in [5, 5.41) is 3.72. The van der Waals surface area contributed by atoms with Gasteiger partial charge in [0.2, 0.25) is 0 Å². The number of ether oxygens (including phenoxy) is 1. The molecule has 0 spiro atoms. The van der Waals surface area contributed by atoms with Crippen LogP contribution in [0.15, 0.2) is 24.3 Å². The maximum Gasteiger partial charge on any atom is 0.124 e. The van der Waals surface area contributed by atoms with E-state index in [2.05, 4.69) is 36.5 Å². The predicted molar refractivity (Wildman–Crippen MR) is 83.1 cm³/mol. The van der Waals surface area contributed by atoms with E-state index >= 15 is 0 Å². The fourth-order valence-electron chi connectivity index (χ4n) is 3.75. The molecular formula is C18H27NO. The fourth-order valence-corrected chi connectivity index (χ4v) is 3.75. The lowest BCUT2D eigenvalue weighted by atomic mass is 9.81. The van der Waals surface area contributed by atoms with Crippen molar-refractivity contribution in [2.75, 3.05) is 6.54 Å². The molecule has 1 fully saturated rings. The highest BCUT2D eigenvalue weighted by atomic mass is 16.5. The van der Waals surface area contributed by atoms with E-state index in [0.29, 0.717) is 12.1 Å². The van der Waals surface area contributed by atoms with Crippen LogP contribution < -0.4 is 10.1 Å². The van der Waals surface area contributed by atoms with Gasteiger partial charge in [-0.25, -0.2) is 0 Å². The molecule has 3 rings (SSSR count). The summed E-state index contributed by atoms with van der Waals surface area (Å²) >= 11 is 0. The van der Waals surface area contributed by atoms with E-state index in [9.17, 15) is 0 Å². The van der Waals surface area contributed by atoms with Crippen LogP contribution in [0.25, 0.3) is 0 Å². The first-order valence-electron chi connectivity index (χ1n) is 8.37. The average molecular weight is 273 g/mol. The van der Waals surface area contributed by atoms with Gasteiger partial charge < -0.3 is 10.1 Å². The third-order valence-corrected chi connectivity index (χ3v) is 4.86. The summed E-state index contributed by atoms with van der Waals surface area (Å²) in [6, 6.07) is 9.07. The monoisotopic (exact) mass is 273 g/mol. The van der Waals surface area contributed by atoms with Crippen LogP contribution in [-0.2, 0) is 0 Å². The molecular weight excluding hydrogens is 246 g/mol. The first-order chi connectivity index (χ1) is 9.88. The summed E-state index contributed by atoms with van der Waals surface area (Å²) in [7, 11) is 0. The van der Waals surface area contributed by atoms with Crippen LogP contribution in [0.2, 0.25) is 0 Å². The topological polar surface area (TPSA) is 21.3 Å². The molecule has 1 aliphatic heterocycles. The highest BCUT2D eigenvalue weighted by Crippen LogP contribution is 2.40. The lowest BCUT2D eigenvalue weighted by Crippen LogP contribution is -2.38. The van der Waals surface area contributed by atoms with Gasteiger partial charge in [-0.15, -0.1) is 0 Å². The van der Waals surface area contributed by atoms with Crippen LogP contribution in [0.1, 0.15) is 63.5 Å². The highest BCUT2D eigenvalue weighted by molar-refractivity contribution is 5.38. The van der Waals surface area contributed by atoms with Crippen molar-refractivity contribution in [1.82, 2.24) is 5.32 Å². The first-order valence-corrected chi connectivity index (χ1v) is 8.37. The van der Waals surface area contributed by atoms with Crippen LogP contribution in [0.4, 0.5) is 0 Å². The molecule has 1 aliphatic carbocycles. The van der Waals surface area contributed by atoms with Crippen molar-refractivity contribution in [3.8, 4) is 5.75 Å². The third kappa shape index (κ3) is 3.01. The van der Waals surface area contributed by atoms with Gasteiger partial charge in [-0.1, -0.05) is 44.4 Å². The normalized spacial score (nSPS) is 26.9. The van der Waals surface area contributed by atoms with Gasteiger partial charge in [0.1, 0.15) is 11.9 Å². The molecule has 2 heteroatoms. The van der Waals surface area contributed by atoms with Crippen molar-refractivity contribution in [2.45, 2.75) is 64.0 Å². The summed E-state index contributed by atoms with van der Waals surface area (Å²) in [5.74, 6) is 1.88. The molecule has 1 heterocycles. The Bertz CT molecular complexity index is 425. The summed E-state index contributed by atoms with van der Waals surface area (Å²) in [4.78, 5) is 0.